The molecule has 14 nitrogen and oxygen atoms in total. The molecule has 9 rings (SSSR count). The second-order valence-electron chi connectivity index (χ2n) is 15.1. The number of carbonyl (C=O) groups is 4. The molecule has 5 aromatic rings. The first-order valence-corrected chi connectivity index (χ1v) is 18.9. The van der Waals surface area contributed by atoms with Gasteiger partial charge in [-0.15, -0.1) is 10.2 Å². The van der Waals surface area contributed by atoms with E-state index in [1.807, 2.05) is 36.4 Å². The van der Waals surface area contributed by atoms with Crippen LogP contribution in [0.25, 0.3) is 33.1 Å². The van der Waals surface area contributed by atoms with E-state index in [2.05, 4.69) is 35.6 Å². The van der Waals surface area contributed by atoms with Gasteiger partial charge in [0.2, 0.25) is 11.8 Å². The van der Waals surface area contributed by atoms with Crippen LogP contribution in [0, 0.1) is 5.92 Å². The van der Waals surface area contributed by atoms with E-state index in [0.717, 1.165) is 85.5 Å². The minimum atomic E-state index is -0.973. The number of phenolic OH excluding ortho intramolecular Hbond substituents is 1. The molecule has 2 aromatic heterocycles. The number of hydrogen-bond acceptors (Lipinski definition) is 11. The monoisotopic (exact) mass is 740 g/mol. The molecular weight excluding hydrogens is 701 g/mol. The number of aromatic hydroxyl groups is 1. The first-order chi connectivity index (χ1) is 26.7. The van der Waals surface area contributed by atoms with E-state index in [9.17, 15) is 29.1 Å². The number of aromatic nitrogens is 3. The van der Waals surface area contributed by atoms with E-state index in [1.165, 1.54) is 0 Å². The van der Waals surface area contributed by atoms with Gasteiger partial charge in [0, 0.05) is 72.9 Å². The molecule has 4 aliphatic rings. The average Bonchev–Trinajstić information content (AvgIpc) is 3.44. The molecule has 0 bridgehead atoms. The molecule has 1 atom stereocenters. The number of likely N-dealkylation sites (tertiary alicyclic amines) is 1. The molecular formula is C41H40N8O6. The first kappa shape index (κ1) is 34.6. The largest absolute Gasteiger partial charge is 0.507 e. The molecule has 0 radical (unpaired) electrons. The maximum Gasteiger partial charge on any atom is 0.262 e. The number of amides is 4. The number of hydrogen-bond donors (Lipinski definition) is 4. The number of benzene rings is 3. The summed E-state index contributed by atoms with van der Waals surface area (Å²) in [7, 11) is 0. The fourth-order valence-corrected chi connectivity index (χ4v) is 8.63. The van der Waals surface area contributed by atoms with E-state index in [4.69, 9.17) is 0 Å². The molecule has 55 heavy (non-hydrogen) atoms. The number of H-pyrrole nitrogens is 1. The van der Waals surface area contributed by atoms with Gasteiger partial charge in [0.15, 0.2) is 5.65 Å². The van der Waals surface area contributed by atoms with Gasteiger partial charge in [0.25, 0.3) is 17.4 Å². The van der Waals surface area contributed by atoms with Crippen molar-refractivity contribution in [3.05, 3.63) is 88.2 Å². The number of phenols is 1. The number of aromatic amines is 1. The minimum absolute atomic E-state index is 0.0913. The highest BCUT2D eigenvalue weighted by atomic mass is 16.3. The molecule has 14 heteroatoms. The molecule has 4 amide bonds. The van der Waals surface area contributed by atoms with Crippen molar-refractivity contribution in [1.82, 2.24) is 30.3 Å². The van der Waals surface area contributed by atoms with Gasteiger partial charge in [-0.2, -0.15) is 0 Å². The van der Waals surface area contributed by atoms with Crippen LogP contribution in [0.4, 0.5) is 11.4 Å². The Hall–Kier alpha value is -6.15. The zero-order valence-corrected chi connectivity index (χ0v) is 30.1. The van der Waals surface area contributed by atoms with Crippen LogP contribution in [-0.2, 0) is 9.59 Å². The van der Waals surface area contributed by atoms with Gasteiger partial charge < -0.3 is 25.2 Å². The standard InChI is InChI=1S/C41H40N8O6/c50-35-4-2-1-3-29(35)33-21-30-27-7-5-25(19-31(27)38(52)44-37(30)46-45-33)42-24-13-15-47(16-14-24)22-23-11-17-48(18-12-23)26-6-8-28-32(20-26)41(55)49(40(28)54)34-9-10-36(51)43-39(34)53/h1-8,19-21,23-24,34,42,50H,9-18,22H2,(H,43,51,53)(H,44,46,52). The van der Waals surface area contributed by atoms with Gasteiger partial charge in [-0.3, -0.25) is 34.2 Å². The van der Waals surface area contributed by atoms with Crippen LogP contribution in [-0.4, -0.2) is 98.5 Å². The Morgan fingerprint density at radius 1 is 0.745 bits per heavy atom. The lowest BCUT2D eigenvalue weighted by molar-refractivity contribution is -0.136. The van der Waals surface area contributed by atoms with E-state index >= 15 is 0 Å². The Balaban J connectivity index is 0.787. The highest BCUT2D eigenvalue weighted by Crippen LogP contribution is 2.34. The van der Waals surface area contributed by atoms with Crippen molar-refractivity contribution in [2.24, 2.45) is 5.92 Å². The van der Waals surface area contributed by atoms with Crippen molar-refractivity contribution < 1.29 is 24.3 Å². The van der Waals surface area contributed by atoms with Crippen LogP contribution in [0.2, 0.25) is 0 Å². The van der Waals surface area contributed by atoms with Crippen LogP contribution < -0.4 is 21.1 Å². The average molecular weight is 741 g/mol. The molecule has 0 saturated carbocycles. The normalized spacial score (nSPS) is 20.0. The van der Waals surface area contributed by atoms with Crippen LogP contribution >= 0.6 is 0 Å². The van der Waals surface area contributed by atoms with E-state index in [-0.39, 0.29) is 30.2 Å². The lowest BCUT2D eigenvalue weighted by Crippen LogP contribution is -2.54. The third kappa shape index (κ3) is 6.45. The zero-order chi connectivity index (χ0) is 37.8. The summed E-state index contributed by atoms with van der Waals surface area (Å²) in [6.07, 6.45) is 4.24. The quantitative estimate of drug-likeness (QED) is 0.140. The summed E-state index contributed by atoms with van der Waals surface area (Å²) in [5, 5.41) is 26.8. The van der Waals surface area contributed by atoms with Crippen LogP contribution in [0.3, 0.4) is 0 Å². The predicted octanol–water partition coefficient (Wildman–Crippen LogP) is 4.04. The molecule has 4 aliphatic heterocycles. The molecule has 4 N–H and O–H groups in total. The first-order valence-electron chi connectivity index (χ1n) is 18.9. The summed E-state index contributed by atoms with van der Waals surface area (Å²) < 4.78 is 0. The van der Waals surface area contributed by atoms with Gasteiger partial charge in [-0.25, -0.2) is 0 Å². The number of rotatable bonds is 7. The maximum absolute atomic E-state index is 13.3. The van der Waals surface area contributed by atoms with Crippen molar-refractivity contribution in [2.45, 2.75) is 50.6 Å². The number of pyridine rings is 1. The Morgan fingerprint density at radius 2 is 1.53 bits per heavy atom. The van der Waals surface area contributed by atoms with Crippen molar-refractivity contribution >= 4 is 56.8 Å². The van der Waals surface area contributed by atoms with E-state index < -0.39 is 29.7 Å². The SMILES string of the molecule is O=C1CCC(N2C(=O)c3ccc(N4CCC(CN5CCC(Nc6ccc7c(c6)c(=O)[nH]c6nnc(-c8ccccc8O)cc67)CC5)CC4)cc3C2=O)C(=O)N1. The van der Waals surface area contributed by atoms with Crippen LogP contribution in [0.15, 0.2) is 71.5 Å². The fraction of sp³-hybridized carbons (Fsp3) is 0.341. The number of fused-ring (bicyclic) bond motifs is 4. The van der Waals surface area contributed by atoms with E-state index in [0.29, 0.717) is 39.3 Å². The third-order valence-electron chi connectivity index (χ3n) is 11.6. The summed E-state index contributed by atoms with van der Waals surface area (Å²) >= 11 is 0. The highest BCUT2D eigenvalue weighted by molar-refractivity contribution is 6.23. The number of carbonyl (C=O) groups excluding carboxylic acids is 4. The molecule has 3 aromatic carbocycles. The summed E-state index contributed by atoms with van der Waals surface area (Å²) in [6.45, 7) is 4.69. The highest BCUT2D eigenvalue weighted by Gasteiger charge is 2.45. The second kappa shape index (κ2) is 13.9. The number of nitrogens with zero attached hydrogens (tertiary/aromatic N) is 5. The van der Waals surface area contributed by atoms with Gasteiger partial charge in [-0.05, 0) is 91.9 Å². The Bertz CT molecular complexity index is 2450. The summed E-state index contributed by atoms with van der Waals surface area (Å²) in [6, 6.07) is 19.3. The molecule has 3 saturated heterocycles. The molecule has 0 spiro atoms. The third-order valence-corrected chi connectivity index (χ3v) is 11.6. The topological polar surface area (TPSA) is 181 Å². The minimum Gasteiger partial charge on any atom is -0.507 e. The Kier molecular flexibility index (Phi) is 8.76. The zero-order valence-electron chi connectivity index (χ0n) is 30.1. The lowest BCUT2D eigenvalue weighted by atomic mass is 9.94. The second-order valence-corrected chi connectivity index (χ2v) is 15.1. The van der Waals surface area contributed by atoms with Gasteiger partial charge in [-0.1, -0.05) is 18.2 Å². The lowest BCUT2D eigenvalue weighted by Gasteiger charge is -2.38. The summed E-state index contributed by atoms with van der Waals surface area (Å²) in [5.41, 5.74) is 3.66. The van der Waals surface area contributed by atoms with Gasteiger partial charge in [0.1, 0.15) is 11.8 Å². The molecule has 6 heterocycles. The van der Waals surface area contributed by atoms with Crippen molar-refractivity contribution in [1.29, 1.82) is 0 Å². The molecule has 1 unspecified atom stereocenters. The van der Waals surface area contributed by atoms with E-state index in [1.54, 1.807) is 30.3 Å². The number of para-hydroxylation sites is 1. The Labute approximate surface area is 315 Å². The van der Waals surface area contributed by atoms with Gasteiger partial charge in [0.05, 0.1) is 16.8 Å². The molecule has 280 valence electrons. The number of anilines is 2. The van der Waals surface area contributed by atoms with Gasteiger partial charge >= 0.3 is 0 Å². The smallest absolute Gasteiger partial charge is 0.262 e. The van der Waals surface area contributed by atoms with Crippen molar-refractivity contribution in [3.63, 3.8) is 0 Å². The fourth-order valence-electron chi connectivity index (χ4n) is 8.63. The van der Waals surface area contributed by atoms with Crippen LogP contribution in [0.5, 0.6) is 5.75 Å². The molecule has 0 aliphatic carbocycles. The maximum atomic E-state index is 13.3. The van der Waals surface area contributed by atoms with Crippen molar-refractivity contribution in [3.8, 4) is 17.0 Å². The molecule has 3 fully saturated rings. The van der Waals surface area contributed by atoms with Crippen LogP contribution in [0.1, 0.15) is 59.2 Å². The number of imide groups is 2. The van der Waals surface area contributed by atoms with Crippen molar-refractivity contribution in [2.75, 3.05) is 42.9 Å². The predicted molar refractivity (Wildman–Crippen MR) is 206 cm³/mol. The Morgan fingerprint density at radius 3 is 2.31 bits per heavy atom. The summed E-state index contributed by atoms with van der Waals surface area (Å²) in [4.78, 5) is 72.2. The number of piperidine rings is 3. The number of nitrogens with one attached hydrogen (secondary N) is 3. The summed E-state index contributed by atoms with van der Waals surface area (Å²) in [5.74, 6) is -1.30.